The van der Waals surface area contributed by atoms with E-state index in [0.29, 0.717) is 0 Å². The Morgan fingerprint density at radius 2 is 1.96 bits per heavy atom. The molecular formula is C22H30N4O2. The van der Waals surface area contributed by atoms with Crippen molar-refractivity contribution in [1.82, 2.24) is 20.1 Å². The number of aromatic nitrogens is 1. The van der Waals surface area contributed by atoms with Crippen molar-refractivity contribution in [2.24, 2.45) is 5.41 Å². The van der Waals surface area contributed by atoms with E-state index in [1.807, 2.05) is 36.4 Å². The van der Waals surface area contributed by atoms with Crippen LogP contribution in [-0.2, 0) is 13.0 Å². The summed E-state index contributed by atoms with van der Waals surface area (Å²) in [5, 5.41) is 3.28. The third kappa shape index (κ3) is 4.22. The highest BCUT2D eigenvalue weighted by atomic mass is 16.3. The van der Waals surface area contributed by atoms with Crippen molar-refractivity contribution >= 4 is 6.03 Å². The Labute approximate surface area is 166 Å². The van der Waals surface area contributed by atoms with Gasteiger partial charge in [-0.05, 0) is 42.5 Å². The molecule has 3 heterocycles. The zero-order valence-electron chi connectivity index (χ0n) is 17.1. The number of hydrogen-bond donors (Lipinski definition) is 1. The molecule has 0 saturated carbocycles. The summed E-state index contributed by atoms with van der Waals surface area (Å²) in [6, 6.07) is 6.25. The molecule has 0 aromatic carbocycles. The lowest BCUT2D eigenvalue weighted by Crippen LogP contribution is -2.52. The number of fused-ring (bicyclic) bond motifs is 1. The number of nitrogens with one attached hydrogen (secondary N) is 1. The van der Waals surface area contributed by atoms with Crippen LogP contribution in [0.5, 0.6) is 0 Å². The van der Waals surface area contributed by atoms with E-state index in [9.17, 15) is 4.79 Å². The van der Waals surface area contributed by atoms with Gasteiger partial charge >= 0.3 is 6.03 Å². The highest BCUT2D eigenvalue weighted by Crippen LogP contribution is 2.42. The molecule has 2 aromatic heterocycles. The summed E-state index contributed by atoms with van der Waals surface area (Å²) in [4.78, 5) is 21.3. The number of urea groups is 1. The number of rotatable bonds is 3. The standard InChI is InChI=1S/C22H30N4O2/c1-16-12-18-19(13-22(2,3)14-20(18)28-16)24-21(27)26-10-8-25(9-11-26)15-17-4-6-23-7-5-17/h4-7,12,19H,8-11,13-15H2,1-3H3,(H,24,27)/t19-/m1/s1. The van der Waals surface area contributed by atoms with Gasteiger partial charge in [0.25, 0.3) is 0 Å². The van der Waals surface area contributed by atoms with Crippen LogP contribution in [-0.4, -0.2) is 47.0 Å². The molecule has 6 nitrogen and oxygen atoms in total. The van der Waals surface area contributed by atoms with Gasteiger partial charge in [0.05, 0.1) is 6.04 Å². The molecule has 0 radical (unpaired) electrons. The summed E-state index contributed by atoms with van der Waals surface area (Å²) in [6.45, 7) is 10.7. The number of hydrogen-bond acceptors (Lipinski definition) is 4. The normalized spacial score (nSPS) is 22.0. The van der Waals surface area contributed by atoms with Crippen LogP contribution in [0, 0.1) is 12.3 Å². The lowest BCUT2D eigenvalue weighted by Gasteiger charge is -2.38. The highest BCUT2D eigenvalue weighted by molar-refractivity contribution is 5.75. The first kappa shape index (κ1) is 19.0. The van der Waals surface area contributed by atoms with Crippen molar-refractivity contribution in [2.45, 2.75) is 46.2 Å². The largest absolute Gasteiger partial charge is 0.466 e. The lowest BCUT2D eigenvalue weighted by atomic mass is 9.75. The molecule has 1 atom stereocenters. The van der Waals surface area contributed by atoms with Crippen LogP contribution >= 0.6 is 0 Å². The Morgan fingerprint density at radius 3 is 2.68 bits per heavy atom. The van der Waals surface area contributed by atoms with Crippen LogP contribution in [0.25, 0.3) is 0 Å². The van der Waals surface area contributed by atoms with Gasteiger partial charge in [-0.25, -0.2) is 4.79 Å². The van der Waals surface area contributed by atoms with Gasteiger partial charge in [0, 0.05) is 57.1 Å². The molecule has 150 valence electrons. The van der Waals surface area contributed by atoms with E-state index in [1.165, 1.54) is 5.56 Å². The maximum absolute atomic E-state index is 12.9. The maximum Gasteiger partial charge on any atom is 0.317 e. The summed E-state index contributed by atoms with van der Waals surface area (Å²) < 4.78 is 5.89. The summed E-state index contributed by atoms with van der Waals surface area (Å²) >= 11 is 0. The van der Waals surface area contributed by atoms with Gasteiger partial charge in [-0.3, -0.25) is 9.88 Å². The second kappa shape index (κ2) is 7.59. The number of furan rings is 1. The van der Waals surface area contributed by atoms with E-state index in [-0.39, 0.29) is 17.5 Å². The minimum Gasteiger partial charge on any atom is -0.466 e. The molecule has 2 amide bonds. The fourth-order valence-electron chi connectivity index (χ4n) is 4.41. The Bertz CT molecular complexity index is 822. The number of carbonyl (C=O) groups excluding carboxylic acids is 1. The van der Waals surface area contributed by atoms with Gasteiger partial charge in [0.1, 0.15) is 11.5 Å². The number of piperazine rings is 1. The summed E-state index contributed by atoms with van der Waals surface area (Å²) in [6.07, 6.45) is 5.52. The Balaban J connectivity index is 1.35. The smallest absolute Gasteiger partial charge is 0.317 e. The van der Waals surface area contributed by atoms with Gasteiger partial charge in [-0.2, -0.15) is 0 Å². The number of pyridine rings is 1. The van der Waals surface area contributed by atoms with Gasteiger partial charge in [-0.15, -0.1) is 0 Å². The fraction of sp³-hybridized carbons (Fsp3) is 0.545. The Morgan fingerprint density at radius 1 is 1.25 bits per heavy atom. The molecule has 1 aliphatic carbocycles. The molecule has 1 aliphatic heterocycles. The zero-order valence-corrected chi connectivity index (χ0v) is 17.1. The van der Waals surface area contributed by atoms with Crippen LogP contribution in [0.3, 0.4) is 0 Å². The van der Waals surface area contributed by atoms with Crippen LogP contribution in [0.15, 0.2) is 35.0 Å². The summed E-state index contributed by atoms with van der Waals surface area (Å²) in [7, 11) is 0. The number of aryl methyl sites for hydroxylation is 1. The molecule has 1 saturated heterocycles. The molecular weight excluding hydrogens is 352 g/mol. The topological polar surface area (TPSA) is 61.6 Å². The molecule has 2 aliphatic rings. The summed E-state index contributed by atoms with van der Waals surface area (Å²) in [5.41, 5.74) is 2.54. The molecule has 28 heavy (non-hydrogen) atoms. The number of nitrogens with zero attached hydrogens (tertiary/aromatic N) is 3. The van der Waals surface area contributed by atoms with Crippen LogP contribution in [0.4, 0.5) is 4.79 Å². The fourth-order valence-corrected chi connectivity index (χ4v) is 4.41. The molecule has 6 heteroatoms. The molecule has 4 rings (SSSR count). The van der Waals surface area contributed by atoms with Gasteiger partial charge in [0.15, 0.2) is 0 Å². The van der Waals surface area contributed by atoms with E-state index in [2.05, 4.69) is 35.1 Å². The van der Waals surface area contributed by atoms with Gasteiger partial charge in [0.2, 0.25) is 0 Å². The first-order valence-electron chi connectivity index (χ1n) is 10.2. The van der Waals surface area contributed by atoms with Crippen molar-refractivity contribution < 1.29 is 9.21 Å². The average molecular weight is 383 g/mol. The molecule has 0 spiro atoms. The zero-order chi connectivity index (χ0) is 19.7. The number of carbonyl (C=O) groups is 1. The molecule has 0 bridgehead atoms. The lowest BCUT2D eigenvalue weighted by molar-refractivity contribution is 0.130. The second-order valence-corrected chi connectivity index (χ2v) is 8.90. The third-order valence-corrected chi connectivity index (χ3v) is 5.85. The predicted octanol–water partition coefficient (Wildman–Crippen LogP) is 3.52. The SMILES string of the molecule is Cc1cc2c(o1)CC(C)(C)C[C@H]2NC(=O)N1CCN(Cc2ccncc2)CC1. The van der Waals surface area contributed by atoms with E-state index < -0.39 is 0 Å². The third-order valence-electron chi connectivity index (χ3n) is 5.85. The van der Waals surface area contributed by atoms with E-state index >= 15 is 0 Å². The molecule has 1 N–H and O–H groups in total. The van der Waals surface area contributed by atoms with Gasteiger partial charge < -0.3 is 14.6 Å². The predicted molar refractivity (Wildman–Crippen MR) is 108 cm³/mol. The monoisotopic (exact) mass is 382 g/mol. The molecule has 1 fully saturated rings. The van der Waals surface area contributed by atoms with E-state index in [1.54, 1.807) is 0 Å². The Kier molecular flexibility index (Phi) is 5.15. The van der Waals surface area contributed by atoms with Crippen molar-refractivity contribution in [3.05, 3.63) is 53.2 Å². The first-order chi connectivity index (χ1) is 13.4. The highest BCUT2D eigenvalue weighted by Gasteiger charge is 2.36. The first-order valence-corrected chi connectivity index (χ1v) is 10.2. The van der Waals surface area contributed by atoms with Crippen molar-refractivity contribution in [2.75, 3.05) is 26.2 Å². The van der Waals surface area contributed by atoms with Crippen LogP contribution < -0.4 is 5.32 Å². The van der Waals surface area contributed by atoms with Gasteiger partial charge in [-0.1, -0.05) is 13.8 Å². The minimum absolute atomic E-state index is 0.0264. The molecule has 0 unspecified atom stereocenters. The average Bonchev–Trinajstić information content (AvgIpc) is 3.02. The van der Waals surface area contributed by atoms with Crippen LogP contribution in [0.2, 0.25) is 0 Å². The minimum atomic E-state index is 0.0264. The van der Waals surface area contributed by atoms with Crippen molar-refractivity contribution in [3.63, 3.8) is 0 Å². The van der Waals surface area contributed by atoms with Crippen molar-refractivity contribution in [3.8, 4) is 0 Å². The summed E-state index contributed by atoms with van der Waals surface area (Å²) in [5.74, 6) is 1.95. The van der Waals surface area contributed by atoms with E-state index in [4.69, 9.17) is 4.42 Å². The van der Waals surface area contributed by atoms with Crippen LogP contribution in [0.1, 0.15) is 49.0 Å². The Hall–Kier alpha value is -2.34. The maximum atomic E-state index is 12.9. The van der Waals surface area contributed by atoms with Crippen molar-refractivity contribution in [1.29, 1.82) is 0 Å². The second-order valence-electron chi connectivity index (χ2n) is 8.90. The van der Waals surface area contributed by atoms with E-state index in [0.717, 1.165) is 62.6 Å². The quantitative estimate of drug-likeness (QED) is 0.882. The molecule has 2 aromatic rings. The number of amides is 2.